The average molecular weight is 563 g/mol. The number of unbranched alkanes of at least 4 members (excludes halogenated alkanes) is 10. The molecule has 0 atom stereocenters. The summed E-state index contributed by atoms with van der Waals surface area (Å²) < 4.78 is 18.7. The van der Waals surface area contributed by atoms with Gasteiger partial charge in [0.15, 0.2) is 11.5 Å². The third-order valence-corrected chi connectivity index (χ3v) is 6.58. The van der Waals surface area contributed by atoms with E-state index < -0.39 is 5.97 Å². The van der Waals surface area contributed by atoms with Gasteiger partial charge in [-0.2, -0.15) is 0 Å². The molecule has 0 bridgehead atoms. The van der Waals surface area contributed by atoms with Crippen LogP contribution in [0.2, 0.25) is 0 Å². The second kappa shape index (κ2) is 23.7. The number of rotatable bonds is 27. The smallest absolute Gasteiger partial charge is 0.336 e. The fourth-order valence-electron chi connectivity index (χ4n) is 4.36. The number of amides is 1. The minimum Gasteiger partial charge on any atom is -0.490 e. The van der Waals surface area contributed by atoms with E-state index in [1.54, 1.807) is 6.07 Å². The minimum absolute atomic E-state index is 0.134. The predicted molar refractivity (Wildman–Crippen MR) is 158 cm³/mol. The van der Waals surface area contributed by atoms with Gasteiger partial charge in [-0.1, -0.05) is 76.7 Å². The van der Waals surface area contributed by atoms with Gasteiger partial charge in [0.05, 0.1) is 25.4 Å². The van der Waals surface area contributed by atoms with E-state index in [1.807, 2.05) is 0 Å². The predicted octanol–water partition coefficient (Wildman–Crippen LogP) is 7.62. The maximum Gasteiger partial charge on any atom is 0.336 e. The van der Waals surface area contributed by atoms with E-state index in [0.29, 0.717) is 75.0 Å². The molecule has 0 unspecified atom stereocenters. The summed E-state index contributed by atoms with van der Waals surface area (Å²) in [6.45, 7) is 6.61. The van der Waals surface area contributed by atoms with Gasteiger partial charge in [0.25, 0.3) is 0 Å². The van der Waals surface area contributed by atoms with E-state index in [0.717, 1.165) is 70.6 Å². The number of aromatic carboxylic acids is 1. The quantitative estimate of drug-likeness (QED) is 0.0371. The molecule has 0 saturated heterocycles. The maximum atomic E-state index is 12.3. The lowest BCUT2D eigenvalue weighted by atomic mass is 9.99. The van der Waals surface area contributed by atoms with Crippen molar-refractivity contribution in [2.75, 3.05) is 32.9 Å². The van der Waals surface area contributed by atoms with Crippen LogP contribution in [-0.2, 0) is 11.2 Å². The number of hydrogen-bond acceptors (Lipinski definition) is 6. The summed E-state index contributed by atoms with van der Waals surface area (Å²) in [7, 11) is 0. The Kier molecular flexibility index (Phi) is 20.7. The molecular weight excluding hydrogens is 512 g/mol. The zero-order valence-electron chi connectivity index (χ0n) is 24.6. The number of benzene rings is 1. The Morgan fingerprint density at radius 1 is 0.875 bits per heavy atom. The molecule has 1 aromatic carbocycles. The first-order valence-corrected chi connectivity index (χ1v) is 15.1. The van der Waals surface area contributed by atoms with Crippen LogP contribution in [0.25, 0.3) is 10.4 Å². The molecule has 2 N–H and O–H groups in total. The summed E-state index contributed by atoms with van der Waals surface area (Å²) in [5.74, 6) is 0.250. The second-order valence-corrected chi connectivity index (χ2v) is 9.93. The molecule has 0 saturated carbocycles. The summed E-state index contributed by atoms with van der Waals surface area (Å²) in [6.07, 6.45) is 14.6. The molecule has 1 rings (SSSR count). The van der Waals surface area contributed by atoms with Crippen LogP contribution in [0.15, 0.2) is 11.2 Å². The standard InChI is InChI=1S/C30H50N4O6/c1-3-5-7-10-15-22-40-29-27(38-20-14-11-9-12-19-33-34-31)23-26(30(36)37)25(17-16-18-32-24-35)28(29)39-21-13-8-6-4-2/h23-24H,3-22H2,1-2H3,(H,32,35)(H,36,37). The highest BCUT2D eigenvalue weighted by atomic mass is 16.5. The molecule has 0 heterocycles. The lowest BCUT2D eigenvalue weighted by molar-refractivity contribution is -0.109. The number of carboxylic acid groups (broad SMARTS) is 1. The van der Waals surface area contributed by atoms with Gasteiger partial charge in [-0.25, -0.2) is 4.79 Å². The molecule has 0 aromatic heterocycles. The van der Waals surface area contributed by atoms with Crippen molar-refractivity contribution in [1.82, 2.24) is 5.32 Å². The molecule has 0 aliphatic rings. The van der Waals surface area contributed by atoms with Crippen LogP contribution in [0, 0.1) is 0 Å². The van der Waals surface area contributed by atoms with Crippen LogP contribution in [0.4, 0.5) is 0 Å². The maximum absolute atomic E-state index is 12.3. The van der Waals surface area contributed by atoms with Gasteiger partial charge in [0, 0.05) is 23.6 Å². The molecule has 0 fully saturated rings. The van der Waals surface area contributed by atoms with Gasteiger partial charge in [0.2, 0.25) is 12.2 Å². The van der Waals surface area contributed by atoms with Crippen molar-refractivity contribution >= 4 is 12.4 Å². The van der Waals surface area contributed by atoms with Crippen molar-refractivity contribution < 1.29 is 28.9 Å². The highest BCUT2D eigenvalue weighted by Gasteiger charge is 2.25. The summed E-state index contributed by atoms with van der Waals surface area (Å²) in [6, 6.07) is 1.56. The van der Waals surface area contributed by atoms with E-state index in [4.69, 9.17) is 19.7 Å². The Hall–Kier alpha value is -3.13. The van der Waals surface area contributed by atoms with Crippen LogP contribution < -0.4 is 19.5 Å². The van der Waals surface area contributed by atoms with Crippen LogP contribution in [0.1, 0.15) is 120 Å². The lowest BCUT2D eigenvalue weighted by Gasteiger charge is -2.22. The molecule has 1 aromatic rings. The highest BCUT2D eigenvalue weighted by Crippen LogP contribution is 2.43. The number of carbonyl (C=O) groups excluding carboxylic acids is 1. The van der Waals surface area contributed by atoms with Gasteiger partial charge < -0.3 is 24.6 Å². The van der Waals surface area contributed by atoms with Gasteiger partial charge in [-0.05, 0) is 50.1 Å². The van der Waals surface area contributed by atoms with Crippen molar-refractivity contribution in [3.63, 3.8) is 0 Å². The number of hydrogen-bond donors (Lipinski definition) is 2. The molecule has 0 spiro atoms. The molecule has 10 heteroatoms. The van der Waals surface area contributed by atoms with E-state index in [1.165, 1.54) is 12.8 Å². The Balaban J connectivity index is 3.20. The third-order valence-electron chi connectivity index (χ3n) is 6.58. The molecule has 226 valence electrons. The fraction of sp³-hybridized carbons (Fsp3) is 0.733. The van der Waals surface area contributed by atoms with Crippen molar-refractivity contribution in [2.24, 2.45) is 5.11 Å². The van der Waals surface area contributed by atoms with E-state index in [-0.39, 0.29) is 5.56 Å². The SMILES string of the molecule is CCCCCCCOc1c(OCCCCCCN=[N+]=[N-])cc(C(=O)O)c(CCCNC=O)c1OCCCCCC. The van der Waals surface area contributed by atoms with Crippen LogP contribution in [0.3, 0.4) is 0 Å². The molecular formula is C30H50N4O6. The first kappa shape index (κ1) is 34.9. The summed E-state index contributed by atoms with van der Waals surface area (Å²) in [4.78, 5) is 25.8. The molecule has 0 aliphatic carbocycles. The number of carbonyl (C=O) groups is 2. The Labute approximate surface area is 239 Å². The van der Waals surface area contributed by atoms with E-state index >= 15 is 0 Å². The summed E-state index contributed by atoms with van der Waals surface area (Å²) in [5, 5.41) is 16.3. The third kappa shape index (κ3) is 14.9. The van der Waals surface area contributed by atoms with Crippen LogP contribution >= 0.6 is 0 Å². The monoisotopic (exact) mass is 562 g/mol. The number of nitrogens with zero attached hydrogens (tertiary/aromatic N) is 3. The number of carboxylic acids is 1. The molecule has 10 nitrogen and oxygen atoms in total. The Morgan fingerprint density at radius 2 is 1.45 bits per heavy atom. The number of ether oxygens (including phenoxy) is 3. The Bertz CT molecular complexity index is 889. The zero-order chi connectivity index (χ0) is 29.3. The second-order valence-electron chi connectivity index (χ2n) is 9.93. The van der Waals surface area contributed by atoms with Crippen LogP contribution in [0.5, 0.6) is 17.2 Å². The lowest BCUT2D eigenvalue weighted by Crippen LogP contribution is -2.15. The first-order chi connectivity index (χ1) is 19.6. The van der Waals surface area contributed by atoms with Crippen LogP contribution in [-0.4, -0.2) is 50.4 Å². The summed E-state index contributed by atoms with van der Waals surface area (Å²) >= 11 is 0. The largest absolute Gasteiger partial charge is 0.490 e. The first-order valence-electron chi connectivity index (χ1n) is 15.1. The molecule has 0 aliphatic heterocycles. The molecule has 40 heavy (non-hydrogen) atoms. The molecule has 1 amide bonds. The van der Waals surface area contributed by atoms with Gasteiger partial charge in [-0.3, -0.25) is 4.79 Å². The highest BCUT2D eigenvalue weighted by molar-refractivity contribution is 5.92. The van der Waals surface area contributed by atoms with Gasteiger partial charge in [0.1, 0.15) is 0 Å². The van der Waals surface area contributed by atoms with Gasteiger partial charge >= 0.3 is 5.97 Å². The Morgan fingerprint density at radius 3 is 2.05 bits per heavy atom. The van der Waals surface area contributed by atoms with Crippen molar-refractivity contribution in [2.45, 2.75) is 110 Å². The zero-order valence-corrected chi connectivity index (χ0v) is 24.6. The van der Waals surface area contributed by atoms with Crippen molar-refractivity contribution in [3.05, 3.63) is 27.6 Å². The molecule has 0 radical (unpaired) electrons. The van der Waals surface area contributed by atoms with Crippen molar-refractivity contribution in [1.29, 1.82) is 0 Å². The average Bonchev–Trinajstić information content (AvgIpc) is 2.95. The normalized spacial score (nSPS) is 10.6. The van der Waals surface area contributed by atoms with E-state index in [9.17, 15) is 14.7 Å². The number of nitrogens with one attached hydrogen (secondary N) is 1. The van der Waals surface area contributed by atoms with Gasteiger partial charge in [-0.15, -0.1) is 0 Å². The minimum atomic E-state index is -1.05. The van der Waals surface area contributed by atoms with Crippen molar-refractivity contribution in [3.8, 4) is 17.2 Å². The number of azide groups is 1. The topological polar surface area (TPSA) is 143 Å². The van der Waals surface area contributed by atoms with E-state index in [2.05, 4.69) is 29.2 Å². The fourth-order valence-corrected chi connectivity index (χ4v) is 4.36. The summed E-state index contributed by atoms with van der Waals surface area (Å²) in [5.41, 5.74) is 9.10.